The third-order valence-electron chi connectivity index (χ3n) is 3.20. The molecule has 0 aliphatic carbocycles. The molecular weight excluding hydrogens is 266 g/mol. The van der Waals surface area contributed by atoms with Crippen molar-refractivity contribution in [2.24, 2.45) is 0 Å². The molecule has 0 saturated carbocycles. The van der Waals surface area contributed by atoms with E-state index in [4.69, 9.17) is 19.5 Å². The molecule has 0 aliphatic rings. The lowest BCUT2D eigenvalue weighted by atomic mass is 9.95. The van der Waals surface area contributed by atoms with Crippen LogP contribution in [-0.4, -0.2) is 19.8 Å². The second-order valence-electron chi connectivity index (χ2n) is 4.71. The van der Waals surface area contributed by atoms with E-state index in [2.05, 4.69) is 13.0 Å². The minimum absolute atomic E-state index is 0.237. The van der Waals surface area contributed by atoms with Crippen LogP contribution in [0.25, 0.3) is 0 Å². The van der Waals surface area contributed by atoms with Crippen molar-refractivity contribution in [1.29, 1.82) is 5.26 Å². The number of nitriles is 1. The Morgan fingerprint density at radius 3 is 2.19 bits per heavy atom. The van der Waals surface area contributed by atoms with Crippen molar-refractivity contribution < 1.29 is 14.2 Å². The summed E-state index contributed by atoms with van der Waals surface area (Å²) in [7, 11) is 0. The average molecular weight is 291 g/mol. The molecule has 4 nitrogen and oxygen atoms in total. The summed E-state index contributed by atoms with van der Waals surface area (Å²) in [5.41, 5.74) is 1.07. The van der Waals surface area contributed by atoms with E-state index in [1.54, 1.807) is 0 Å². The van der Waals surface area contributed by atoms with Gasteiger partial charge in [0.05, 0.1) is 25.9 Å². The lowest BCUT2D eigenvalue weighted by Crippen LogP contribution is -2.06. The van der Waals surface area contributed by atoms with E-state index in [0.717, 1.165) is 17.7 Å². The quantitative estimate of drug-likeness (QED) is 0.681. The summed E-state index contributed by atoms with van der Waals surface area (Å²) in [6.45, 7) is 9.63. The molecule has 1 unspecified atom stereocenters. The monoisotopic (exact) mass is 291 g/mol. The Labute approximate surface area is 127 Å². The number of rotatable bonds is 9. The van der Waals surface area contributed by atoms with Crippen molar-refractivity contribution >= 4 is 0 Å². The summed E-state index contributed by atoms with van der Waals surface area (Å²) in [5.74, 6) is 2.36. The van der Waals surface area contributed by atoms with Gasteiger partial charge in [-0.15, -0.1) is 0 Å². The smallest absolute Gasteiger partial charge is 0.203 e. The van der Waals surface area contributed by atoms with Crippen molar-refractivity contribution in [3.63, 3.8) is 0 Å². The highest BCUT2D eigenvalue weighted by Crippen LogP contribution is 2.44. The molecule has 1 rings (SSSR count). The Bertz CT molecular complexity index is 480. The lowest BCUT2D eigenvalue weighted by Gasteiger charge is -2.21. The standard InChI is InChI=1S/C17H25NO3/c1-5-19-15-11-10-14(13(4)9-8-12-18)16(20-6-2)17(15)21-7-3/h10-11,13H,5-9H2,1-4H3. The highest BCUT2D eigenvalue weighted by molar-refractivity contribution is 5.56. The van der Waals surface area contributed by atoms with E-state index >= 15 is 0 Å². The minimum atomic E-state index is 0.237. The second-order valence-corrected chi connectivity index (χ2v) is 4.71. The molecule has 1 aromatic rings. The van der Waals surface area contributed by atoms with Gasteiger partial charge in [0.2, 0.25) is 5.75 Å². The molecule has 0 amide bonds. The summed E-state index contributed by atoms with van der Waals surface area (Å²) in [6, 6.07) is 6.13. The van der Waals surface area contributed by atoms with Gasteiger partial charge in [-0.25, -0.2) is 0 Å². The van der Waals surface area contributed by atoms with Crippen molar-refractivity contribution in [1.82, 2.24) is 0 Å². The van der Waals surface area contributed by atoms with Crippen LogP contribution in [0.15, 0.2) is 12.1 Å². The fraction of sp³-hybridized carbons (Fsp3) is 0.588. The first-order valence-corrected chi connectivity index (χ1v) is 7.61. The fourth-order valence-electron chi connectivity index (χ4n) is 2.23. The molecule has 0 heterocycles. The van der Waals surface area contributed by atoms with Gasteiger partial charge >= 0.3 is 0 Å². The van der Waals surface area contributed by atoms with E-state index in [0.29, 0.717) is 37.7 Å². The average Bonchev–Trinajstić information content (AvgIpc) is 2.48. The summed E-state index contributed by atoms with van der Waals surface area (Å²) in [5, 5.41) is 8.76. The third kappa shape index (κ3) is 4.56. The van der Waals surface area contributed by atoms with Crippen LogP contribution in [0.2, 0.25) is 0 Å². The predicted octanol–water partition coefficient (Wildman–Crippen LogP) is 4.29. The van der Waals surface area contributed by atoms with E-state index < -0.39 is 0 Å². The van der Waals surface area contributed by atoms with E-state index in [1.165, 1.54) is 0 Å². The Kier molecular flexibility index (Phi) is 7.45. The normalized spacial score (nSPS) is 11.6. The van der Waals surface area contributed by atoms with Crippen molar-refractivity contribution in [2.75, 3.05) is 19.8 Å². The van der Waals surface area contributed by atoms with Gasteiger partial charge in [0.25, 0.3) is 0 Å². The molecule has 0 saturated heterocycles. The third-order valence-corrected chi connectivity index (χ3v) is 3.20. The van der Waals surface area contributed by atoms with E-state index in [1.807, 2.05) is 32.9 Å². The second kappa shape index (κ2) is 9.12. The number of ether oxygens (including phenoxy) is 3. The van der Waals surface area contributed by atoms with Crippen LogP contribution < -0.4 is 14.2 Å². The van der Waals surface area contributed by atoms with Gasteiger partial charge in [0, 0.05) is 12.0 Å². The Hall–Kier alpha value is -1.89. The van der Waals surface area contributed by atoms with Gasteiger partial charge in [0.1, 0.15) is 0 Å². The largest absolute Gasteiger partial charge is 0.490 e. The Morgan fingerprint density at radius 1 is 1.00 bits per heavy atom. The predicted molar refractivity (Wildman–Crippen MR) is 83.2 cm³/mol. The molecule has 0 N–H and O–H groups in total. The first-order valence-electron chi connectivity index (χ1n) is 7.61. The maximum Gasteiger partial charge on any atom is 0.203 e. The van der Waals surface area contributed by atoms with Crippen LogP contribution >= 0.6 is 0 Å². The van der Waals surface area contributed by atoms with Gasteiger partial charge in [0.15, 0.2) is 11.5 Å². The van der Waals surface area contributed by atoms with E-state index in [9.17, 15) is 0 Å². The molecule has 0 aliphatic heterocycles. The zero-order valence-electron chi connectivity index (χ0n) is 13.4. The van der Waals surface area contributed by atoms with Crippen LogP contribution in [0.5, 0.6) is 17.2 Å². The van der Waals surface area contributed by atoms with Crippen LogP contribution in [-0.2, 0) is 0 Å². The summed E-state index contributed by atoms with van der Waals surface area (Å²) in [6.07, 6.45) is 1.33. The van der Waals surface area contributed by atoms with Gasteiger partial charge in [-0.2, -0.15) is 5.26 Å². The summed E-state index contributed by atoms with van der Waals surface area (Å²) in [4.78, 5) is 0. The summed E-state index contributed by atoms with van der Waals surface area (Å²) < 4.78 is 17.2. The SMILES string of the molecule is CCOc1ccc(C(C)CCC#N)c(OCC)c1OCC. The Balaban J connectivity index is 3.23. The number of benzene rings is 1. The minimum Gasteiger partial charge on any atom is -0.490 e. The molecule has 1 atom stereocenters. The molecule has 0 radical (unpaired) electrons. The fourth-order valence-corrected chi connectivity index (χ4v) is 2.23. The molecule has 0 spiro atoms. The summed E-state index contributed by atoms with van der Waals surface area (Å²) >= 11 is 0. The highest BCUT2D eigenvalue weighted by atomic mass is 16.5. The molecule has 116 valence electrons. The molecular formula is C17H25NO3. The molecule has 0 bridgehead atoms. The number of nitrogens with zero attached hydrogens (tertiary/aromatic N) is 1. The lowest BCUT2D eigenvalue weighted by molar-refractivity contribution is 0.258. The van der Waals surface area contributed by atoms with Crippen molar-refractivity contribution in [2.45, 2.75) is 46.5 Å². The molecule has 4 heteroatoms. The number of hydrogen-bond donors (Lipinski definition) is 0. The highest BCUT2D eigenvalue weighted by Gasteiger charge is 2.20. The molecule has 21 heavy (non-hydrogen) atoms. The zero-order valence-corrected chi connectivity index (χ0v) is 13.4. The van der Waals surface area contributed by atoms with Crippen molar-refractivity contribution in [3.8, 4) is 23.3 Å². The molecule has 1 aromatic carbocycles. The molecule has 0 fully saturated rings. The van der Waals surface area contributed by atoms with Gasteiger partial charge in [-0.3, -0.25) is 0 Å². The van der Waals surface area contributed by atoms with E-state index in [-0.39, 0.29) is 5.92 Å². The topological polar surface area (TPSA) is 51.5 Å². The van der Waals surface area contributed by atoms with Crippen LogP contribution in [0.3, 0.4) is 0 Å². The Morgan fingerprint density at radius 2 is 1.62 bits per heavy atom. The van der Waals surface area contributed by atoms with Crippen LogP contribution in [0.4, 0.5) is 0 Å². The van der Waals surface area contributed by atoms with Gasteiger partial charge in [-0.1, -0.05) is 13.0 Å². The van der Waals surface area contributed by atoms with Gasteiger partial charge in [-0.05, 0) is 39.2 Å². The molecule has 0 aromatic heterocycles. The zero-order chi connectivity index (χ0) is 15.7. The number of hydrogen-bond acceptors (Lipinski definition) is 4. The van der Waals surface area contributed by atoms with Crippen LogP contribution in [0, 0.1) is 11.3 Å². The van der Waals surface area contributed by atoms with Gasteiger partial charge < -0.3 is 14.2 Å². The maximum absolute atomic E-state index is 8.76. The van der Waals surface area contributed by atoms with Crippen LogP contribution in [0.1, 0.15) is 52.0 Å². The first-order chi connectivity index (χ1) is 10.2. The maximum atomic E-state index is 8.76. The van der Waals surface area contributed by atoms with Crippen molar-refractivity contribution in [3.05, 3.63) is 17.7 Å². The first kappa shape index (κ1) is 17.2.